The fourth-order valence-corrected chi connectivity index (χ4v) is 4.34. The third kappa shape index (κ3) is 5.38. The molecule has 0 aliphatic heterocycles. The summed E-state index contributed by atoms with van der Waals surface area (Å²) < 4.78 is 5.63. The smallest absolute Gasteiger partial charge is 0.407 e. The normalized spacial score (nSPS) is 12.8. The SMILES string of the molecule is O=C(O)CNC(=S)[C@@H](Cc1ccccc1)NC(=O)OCC1c2ccccc2-c2ccccc21. The summed E-state index contributed by atoms with van der Waals surface area (Å²) in [6.45, 7) is -0.135. The lowest BCUT2D eigenvalue weighted by molar-refractivity contribution is -0.135. The van der Waals surface area contributed by atoms with Crippen LogP contribution >= 0.6 is 12.2 Å². The van der Waals surface area contributed by atoms with Gasteiger partial charge in [0.25, 0.3) is 0 Å². The minimum atomic E-state index is -1.03. The Morgan fingerprint density at radius 1 is 0.909 bits per heavy atom. The molecule has 3 N–H and O–H groups in total. The van der Waals surface area contributed by atoms with Crippen LogP contribution in [-0.4, -0.2) is 41.4 Å². The van der Waals surface area contributed by atoms with Gasteiger partial charge in [-0.2, -0.15) is 0 Å². The second-order valence-electron chi connectivity index (χ2n) is 7.82. The number of carboxylic acid groups (broad SMARTS) is 1. The quantitative estimate of drug-likeness (QED) is 0.438. The van der Waals surface area contributed by atoms with Gasteiger partial charge < -0.3 is 20.5 Å². The highest BCUT2D eigenvalue weighted by Gasteiger charge is 2.29. The number of ether oxygens (including phenoxy) is 1. The van der Waals surface area contributed by atoms with Gasteiger partial charge in [-0.05, 0) is 34.2 Å². The molecule has 6 nitrogen and oxygen atoms in total. The second kappa shape index (κ2) is 10.3. The van der Waals surface area contributed by atoms with Crippen molar-refractivity contribution in [3.05, 3.63) is 95.6 Å². The maximum atomic E-state index is 12.7. The van der Waals surface area contributed by atoms with Crippen LogP contribution in [-0.2, 0) is 16.0 Å². The standard InChI is InChI=1S/C26H24N2O4S/c29-24(30)15-27-25(33)23(14-17-8-2-1-3-9-17)28-26(31)32-16-22-20-12-6-4-10-18(20)19-11-5-7-13-21(19)22/h1-13,22-23H,14-16H2,(H,27,33)(H,28,31)(H,29,30)/t23-/m1/s1. The summed E-state index contributed by atoms with van der Waals surface area (Å²) in [4.78, 5) is 23.9. The molecule has 0 unspecified atom stereocenters. The minimum absolute atomic E-state index is 0.0483. The summed E-state index contributed by atoms with van der Waals surface area (Å²) >= 11 is 5.36. The van der Waals surface area contributed by atoms with E-state index in [1.165, 1.54) is 0 Å². The monoisotopic (exact) mass is 460 g/mol. The number of benzene rings is 3. The molecule has 0 spiro atoms. The highest BCUT2D eigenvalue weighted by molar-refractivity contribution is 7.80. The van der Waals surface area contributed by atoms with Crippen LogP contribution in [0.3, 0.4) is 0 Å². The molecular weight excluding hydrogens is 436 g/mol. The first-order valence-corrected chi connectivity index (χ1v) is 11.1. The lowest BCUT2D eigenvalue weighted by Gasteiger charge is -2.21. The Kier molecular flexibility index (Phi) is 7.00. The van der Waals surface area contributed by atoms with Gasteiger partial charge in [-0.25, -0.2) is 4.79 Å². The number of rotatable bonds is 8. The second-order valence-corrected chi connectivity index (χ2v) is 8.26. The molecule has 0 fully saturated rings. The van der Waals surface area contributed by atoms with Gasteiger partial charge >= 0.3 is 12.1 Å². The van der Waals surface area contributed by atoms with E-state index in [2.05, 4.69) is 34.9 Å². The van der Waals surface area contributed by atoms with Crippen LogP contribution in [0.25, 0.3) is 11.1 Å². The fourth-order valence-electron chi connectivity index (χ4n) is 4.13. The number of hydrogen-bond donors (Lipinski definition) is 3. The van der Waals surface area contributed by atoms with Crippen molar-refractivity contribution in [2.45, 2.75) is 18.4 Å². The number of carbonyl (C=O) groups is 2. The van der Waals surface area contributed by atoms with Crippen molar-refractivity contribution in [2.24, 2.45) is 0 Å². The van der Waals surface area contributed by atoms with E-state index in [-0.39, 0.29) is 24.1 Å². The Morgan fingerprint density at radius 2 is 1.48 bits per heavy atom. The van der Waals surface area contributed by atoms with Crippen LogP contribution in [0.4, 0.5) is 4.79 Å². The van der Waals surface area contributed by atoms with Crippen LogP contribution in [0.5, 0.6) is 0 Å². The Labute approximate surface area is 197 Å². The Bertz CT molecular complexity index is 1120. The lowest BCUT2D eigenvalue weighted by atomic mass is 9.98. The Morgan fingerprint density at radius 3 is 2.09 bits per heavy atom. The molecule has 0 radical (unpaired) electrons. The van der Waals surface area contributed by atoms with E-state index in [4.69, 9.17) is 22.1 Å². The van der Waals surface area contributed by atoms with E-state index >= 15 is 0 Å². The summed E-state index contributed by atoms with van der Waals surface area (Å²) in [6, 6.07) is 25.2. The van der Waals surface area contributed by atoms with Gasteiger partial charge in [0.15, 0.2) is 0 Å². The maximum absolute atomic E-state index is 12.7. The van der Waals surface area contributed by atoms with Gasteiger partial charge in [0.05, 0.1) is 11.0 Å². The zero-order chi connectivity index (χ0) is 23.2. The number of fused-ring (bicyclic) bond motifs is 3. The highest BCUT2D eigenvalue weighted by Crippen LogP contribution is 2.44. The molecule has 1 atom stereocenters. The molecule has 7 heteroatoms. The molecule has 0 saturated carbocycles. The molecule has 0 heterocycles. The molecule has 3 aromatic rings. The van der Waals surface area contributed by atoms with E-state index in [9.17, 15) is 9.59 Å². The number of aliphatic carboxylic acids is 1. The van der Waals surface area contributed by atoms with Crippen LogP contribution in [0.15, 0.2) is 78.9 Å². The van der Waals surface area contributed by atoms with Crippen molar-refractivity contribution in [1.82, 2.24) is 10.6 Å². The van der Waals surface area contributed by atoms with Crippen molar-refractivity contribution in [3.8, 4) is 11.1 Å². The average molecular weight is 461 g/mol. The number of nitrogens with one attached hydrogen (secondary N) is 2. The molecular formula is C26H24N2O4S. The predicted octanol–water partition coefficient (Wildman–Crippen LogP) is 4.14. The van der Waals surface area contributed by atoms with Gasteiger partial charge in [0, 0.05) is 5.92 Å². The van der Waals surface area contributed by atoms with E-state index in [1.807, 2.05) is 54.6 Å². The van der Waals surface area contributed by atoms with Crippen molar-refractivity contribution >= 4 is 29.3 Å². The number of alkyl carbamates (subject to hydrolysis) is 1. The van der Waals surface area contributed by atoms with Crippen molar-refractivity contribution in [2.75, 3.05) is 13.2 Å². The fraction of sp³-hybridized carbons (Fsp3) is 0.192. The van der Waals surface area contributed by atoms with Crippen LogP contribution in [0.2, 0.25) is 0 Å². The maximum Gasteiger partial charge on any atom is 0.407 e. The Hall–Kier alpha value is -3.71. The molecule has 0 saturated heterocycles. The number of thiocarbonyl (C=S) groups is 1. The zero-order valence-corrected chi connectivity index (χ0v) is 18.7. The molecule has 1 amide bonds. The number of carboxylic acids is 1. The van der Waals surface area contributed by atoms with E-state index in [0.29, 0.717) is 6.42 Å². The number of amides is 1. The molecule has 1 aliphatic carbocycles. The van der Waals surface area contributed by atoms with Crippen LogP contribution in [0, 0.1) is 0 Å². The van der Waals surface area contributed by atoms with Crippen LogP contribution in [0.1, 0.15) is 22.6 Å². The molecule has 0 aromatic heterocycles. The Balaban J connectivity index is 1.44. The molecule has 0 bridgehead atoms. The van der Waals surface area contributed by atoms with E-state index < -0.39 is 18.1 Å². The molecule has 33 heavy (non-hydrogen) atoms. The van der Waals surface area contributed by atoms with Crippen molar-refractivity contribution < 1.29 is 19.4 Å². The first-order valence-electron chi connectivity index (χ1n) is 10.7. The number of carbonyl (C=O) groups excluding carboxylic acids is 1. The summed E-state index contributed by atoms with van der Waals surface area (Å²) in [7, 11) is 0. The summed E-state index contributed by atoms with van der Waals surface area (Å²) in [5.74, 6) is -1.08. The van der Waals surface area contributed by atoms with Gasteiger partial charge in [0.2, 0.25) is 0 Å². The van der Waals surface area contributed by atoms with Crippen molar-refractivity contribution in [3.63, 3.8) is 0 Å². The molecule has 4 rings (SSSR count). The first kappa shape index (κ1) is 22.5. The van der Waals surface area contributed by atoms with Gasteiger partial charge in [-0.15, -0.1) is 0 Å². The average Bonchev–Trinajstić information content (AvgIpc) is 3.15. The zero-order valence-electron chi connectivity index (χ0n) is 17.9. The van der Waals surface area contributed by atoms with Gasteiger partial charge in [-0.3, -0.25) is 4.79 Å². The van der Waals surface area contributed by atoms with Crippen LogP contribution < -0.4 is 10.6 Å². The third-order valence-electron chi connectivity index (χ3n) is 5.65. The summed E-state index contributed by atoms with van der Waals surface area (Å²) in [6.07, 6.45) is -0.187. The minimum Gasteiger partial charge on any atom is -0.480 e. The lowest BCUT2D eigenvalue weighted by Crippen LogP contribution is -2.48. The van der Waals surface area contributed by atoms with Gasteiger partial charge in [0.1, 0.15) is 13.2 Å². The number of hydrogen-bond acceptors (Lipinski definition) is 4. The van der Waals surface area contributed by atoms with Gasteiger partial charge in [-0.1, -0.05) is 91.1 Å². The molecule has 168 valence electrons. The van der Waals surface area contributed by atoms with Crippen molar-refractivity contribution in [1.29, 1.82) is 0 Å². The topological polar surface area (TPSA) is 87.7 Å². The predicted molar refractivity (Wildman–Crippen MR) is 130 cm³/mol. The van der Waals surface area contributed by atoms with E-state index in [1.54, 1.807) is 0 Å². The molecule has 3 aromatic carbocycles. The highest BCUT2D eigenvalue weighted by atomic mass is 32.1. The third-order valence-corrected chi connectivity index (χ3v) is 6.08. The van der Waals surface area contributed by atoms with E-state index in [0.717, 1.165) is 27.8 Å². The first-order chi connectivity index (χ1) is 16.0. The summed E-state index contributed by atoms with van der Waals surface area (Å²) in [5, 5.41) is 14.4. The summed E-state index contributed by atoms with van der Waals surface area (Å²) in [5.41, 5.74) is 5.53. The molecule has 1 aliphatic rings. The largest absolute Gasteiger partial charge is 0.480 e.